The highest BCUT2D eigenvalue weighted by Crippen LogP contribution is 2.42. The first-order valence-corrected chi connectivity index (χ1v) is 7.34. The molecule has 1 saturated carbocycles. The van der Waals surface area contributed by atoms with Gasteiger partial charge in [0.15, 0.2) is 0 Å². The van der Waals surface area contributed by atoms with Crippen LogP contribution in [0.4, 0.5) is 4.79 Å². The van der Waals surface area contributed by atoms with Crippen LogP contribution < -0.4 is 5.73 Å². The lowest BCUT2D eigenvalue weighted by Crippen LogP contribution is -2.48. The Labute approximate surface area is 123 Å². The Morgan fingerprint density at radius 2 is 1.81 bits per heavy atom. The third-order valence-corrected chi connectivity index (χ3v) is 4.51. The molecule has 1 aliphatic heterocycles. The van der Waals surface area contributed by atoms with Gasteiger partial charge in [0.1, 0.15) is 5.84 Å². The summed E-state index contributed by atoms with van der Waals surface area (Å²) in [6.45, 7) is 0.408. The molecule has 21 heavy (non-hydrogen) atoms. The van der Waals surface area contributed by atoms with E-state index in [1.54, 1.807) is 0 Å². The molecule has 1 aromatic carbocycles. The lowest BCUT2D eigenvalue weighted by Gasteiger charge is -2.35. The molecule has 5 heteroatoms. The fourth-order valence-electron chi connectivity index (χ4n) is 3.42. The molecule has 1 aliphatic carbocycles. The quantitative estimate of drug-likeness (QED) is 0.925. The van der Waals surface area contributed by atoms with Crippen LogP contribution in [0.2, 0.25) is 0 Å². The third-order valence-electron chi connectivity index (χ3n) is 4.51. The van der Waals surface area contributed by atoms with Crippen molar-refractivity contribution in [1.29, 1.82) is 0 Å². The van der Waals surface area contributed by atoms with Crippen LogP contribution in [0.1, 0.15) is 37.7 Å². The number of benzene rings is 1. The van der Waals surface area contributed by atoms with E-state index in [1.807, 2.05) is 18.2 Å². The SMILES string of the molecule is NC1=NC(=O)N(CC2(c3ccccc3)CCCC2)C(=O)C1. The van der Waals surface area contributed by atoms with E-state index in [9.17, 15) is 9.59 Å². The number of nitrogens with zero attached hydrogens (tertiary/aromatic N) is 2. The Morgan fingerprint density at radius 3 is 2.43 bits per heavy atom. The van der Waals surface area contributed by atoms with Crippen LogP contribution in [0.3, 0.4) is 0 Å². The summed E-state index contributed by atoms with van der Waals surface area (Å²) < 4.78 is 0. The Hall–Kier alpha value is -2.17. The number of hydrogen-bond donors (Lipinski definition) is 1. The maximum atomic E-state index is 12.1. The molecule has 0 radical (unpaired) electrons. The Balaban J connectivity index is 1.90. The fourth-order valence-corrected chi connectivity index (χ4v) is 3.42. The minimum absolute atomic E-state index is 0.0383. The smallest absolute Gasteiger partial charge is 0.351 e. The number of rotatable bonds is 3. The van der Waals surface area contributed by atoms with Crippen molar-refractivity contribution in [1.82, 2.24) is 4.90 Å². The van der Waals surface area contributed by atoms with Crippen molar-refractivity contribution in [2.24, 2.45) is 10.7 Å². The molecule has 5 nitrogen and oxygen atoms in total. The van der Waals surface area contributed by atoms with Crippen molar-refractivity contribution in [3.8, 4) is 0 Å². The highest BCUT2D eigenvalue weighted by Gasteiger charge is 2.41. The molecule has 3 amide bonds. The number of aliphatic imine (C=N–C) groups is 1. The zero-order valence-corrected chi connectivity index (χ0v) is 11.9. The van der Waals surface area contributed by atoms with Crippen LogP contribution in [-0.2, 0) is 10.2 Å². The van der Waals surface area contributed by atoms with Crippen LogP contribution in [0.25, 0.3) is 0 Å². The van der Waals surface area contributed by atoms with E-state index < -0.39 is 6.03 Å². The van der Waals surface area contributed by atoms with Crippen LogP contribution >= 0.6 is 0 Å². The lowest BCUT2D eigenvalue weighted by atomic mass is 9.78. The first-order valence-electron chi connectivity index (χ1n) is 7.34. The van der Waals surface area contributed by atoms with Crippen LogP contribution in [0.15, 0.2) is 35.3 Å². The van der Waals surface area contributed by atoms with Crippen molar-refractivity contribution in [3.63, 3.8) is 0 Å². The second-order valence-corrected chi connectivity index (χ2v) is 5.90. The monoisotopic (exact) mass is 285 g/mol. The zero-order chi connectivity index (χ0) is 14.9. The van der Waals surface area contributed by atoms with E-state index in [4.69, 9.17) is 5.73 Å². The van der Waals surface area contributed by atoms with E-state index in [0.29, 0.717) is 6.54 Å². The average molecular weight is 285 g/mol. The van der Waals surface area contributed by atoms with Gasteiger partial charge in [-0.1, -0.05) is 43.2 Å². The van der Waals surface area contributed by atoms with Gasteiger partial charge in [-0.05, 0) is 18.4 Å². The van der Waals surface area contributed by atoms with E-state index in [2.05, 4.69) is 17.1 Å². The van der Waals surface area contributed by atoms with Crippen molar-refractivity contribution in [2.75, 3.05) is 6.54 Å². The Morgan fingerprint density at radius 1 is 1.14 bits per heavy atom. The number of imide groups is 1. The molecule has 0 aromatic heterocycles. The Bertz CT molecular complexity index is 589. The third kappa shape index (κ3) is 2.55. The van der Waals surface area contributed by atoms with Gasteiger partial charge in [-0.2, -0.15) is 4.99 Å². The van der Waals surface area contributed by atoms with Gasteiger partial charge < -0.3 is 5.73 Å². The lowest BCUT2D eigenvalue weighted by molar-refractivity contribution is -0.127. The summed E-state index contributed by atoms with van der Waals surface area (Å²) in [7, 11) is 0. The topological polar surface area (TPSA) is 75.8 Å². The second-order valence-electron chi connectivity index (χ2n) is 5.90. The average Bonchev–Trinajstić information content (AvgIpc) is 2.94. The van der Waals surface area contributed by atoms with Gasteiger partial charge in [0, 0.05) is 12.0 Å². The molecule has 1 aromatic rings. The number of amidine groups is 1. The molecule has 1 heterocycles. The summed E-state index contributed by atoms with van der Waals surface area (Å²) in [6.07, 6.45) is 4.27. The summed E-state index contributed by atoms with van der Waals surface area (Å²) in [5, 5.41) is 0. The standard InChI is InChI=1S/C16H19N3O2/c17-13-10-14(20)19(15(21)18-13)11-16(8-4-5-9-16)12-6-2-1-3-7-12/h1-3,6-7H,4-5,8-11H2,(H2,17,18,21). The van der Waals surface area contributed by atoms with Gasteiger partial charge in [0.05, 0.1) is 6.42 Å². The van der Waals surface area contributed by atoms with E-state index in [1.165, 1.54) is 10.5 Å². The van der Waals surface area contributed by atoms with Crippen molar-refractivity contribution < 1.29 is 9.59 Å². The van der Waals surface area contributed by atoms with Gasteiger partial charge >= 0.3 is 6.03 Å². The van der Waals surface area contributed by atoms with Gasteiger partial charge in [-0.3, -0.25) is 9.69 Å². The minimum atomic E-state index is -0.522. The normalized spacial score (nSPS) is 21.5. The van der Waals surface area contributed by atoms with E-state index in [0.717, 1.165) is 25.7 Å². The summed E-state index contributed by atoms with van der Waals surface area (Å²) >= 11 is 0. The molecule has 110 valence electrons. The zero-order valence-electron chi connectivity index (χ0n) is 11.9. The van der Waals surface area contributed by atoms with Gasteiger partial charge in [0.25, 0.3) is 0 Å². The summed E-state index contributed by atoms with van der Waals surface area (Å²) in [4.78, 5) is 29.1. The maximum absolute atomic E-state index is 12.1. The predicted molar refractivity (Wildman–Crippen MR) is 79.9 cm³/mol. The largest absolute Gasteiger partial charge is 0.387 e. The molecule has 1 fully saturated rings. The first-order chi connectivity index (χ1) is 10.1. The number of urea groups is 1. The first kappa shape index (κ1) is 13.8. The highest BCUT2D eigenvalue weighted by molar-refractivity contribution is 6.13. The summed E-state index contributed by atoms with van der Waals surface area (Å²) in [5.74, 6) is -0.129. The molecular weight excluding hydrogens is 266 g/mol. The van der Waals surface area contributed by atoms with Crippen LogP contribution in [0.5, 0.6) is 0 Å². The number of carbonyl (C=O) groups excluding carboxylic acids is 2. The molecule has 2 N–H and O–H groups in total. The van der Waals surface area contributed by atoms with Crippen LogP contribution in [0, 0.1) is 0 Å². The fraction of sp³-hybridized carbons (Fsp3) is 0.438. The molecule has 0 saturated heterocycles. The van der Waals surface area contributed by atoms with Crippen molar-refractivity contribution in [2.45, 2.75) is 37.5 Å². The van der Waals surface area contributed by atoms with Crippen molar-refractivity contribution >= 4 is 17.8 Å². The predicted octanol–water partition coefficient (Wildman–Crippen LogP) is 2.21. The molecule has 2 aliphatic rings. The Kier molecular flexibility index (Phi) is 3.49. The highest BCUT2D eigenvalue weighted by atomic mass is 16.2. The number of nitrogens with two attached hydrogens (primary N) is 1. The van der Waals surface area contributed by atoms with Gasteiger partial charge in [-0.15, -0.1) is 0 Å². The summed E-state index contributed by atoms with van der Waals surface area (Å²) in [6, 6.07) is 9.64. The number of carbonyl (C=O) groups is 2. The van der Waals surface area contributed by atoms with E-state index >= 15 is 0 Å². The molecule has 0 unspecified atom stereocenters. The molecule has 0 atom stereocenters. The minimum Gasteiger partial charge on any atom is -0.387 e. The maximum Gasteiger partial charge on any atom is 0.351 e. The van der Waals surface area contributed by atoms with Gasteiger partial charge in [0.2, 0.25) is 5.91 Å². The molecule has 3 rings (SSSR count). The number of amides is 3. The molecule has 0 spiro atoms. The van der Waals surface area contributed by atoms with E-state index in [-0.39, 0.29) is 23.6 Å². The molecular formula is C16H19N3O2. The summed E-state index contributed by atoms with van der Waals surface area (Å²) in [5.41, 5.74) is 6.58. The van der Waals surface area contributed by atoms with Crippen LogP contribution in [-0.4, -0.2) is 29.2 Å². The molecule has 0 bridgehead atoms. The number of hydrogen-bond acceptors (Lipinski definition) is 3. The van der Waals surface area contributed by atoms with Crippen molar-refractivity contribution in [3.05, 3.63) is 35.9 Å². The second kappa shape index (κ2) is 5.31. The van der Waals surface area contributed by atoms with Gasteiger partial charge in [-0.25, -0.2) is 4.79 Å².